The molecule has 0 bridgehead atoms. The Kier molecular flexibility index (Phi) is 4.87. The van der Waals surface area contributed by atoms with Crippen LogP contribution in [0.1, 0.15) is 16.9 Å². The number of carboxylic acids is 1. The Bertz CT molecular complexity index is 458. The van der Waals surface area contributed by atoms with Gasteiger partial charge in [0.1, 0.15) is 6.61 Å². The normalized spacial score (nSPS) is 11.3. The minimum absolute atomic E-state index is 0.0617. The lowest BCUT2D eigenvalue weighted by Crippen LogP contribution is -2.20. The largest absolute Gasteiger partial charge is 0.476 e. The molecule has 1 amide bonds. The number of alkyl halides is 3. The Hall–Kier alpha value is -2.10. The number of aromatic nitrogens is 2. The Morgan fingerprint density at radius 1 is 1.47 bits per heavy atom. The standard InChI is InChI=1S/C9H10F3N3O4/c10-9(11,12)4-19-2-1-6(16)14-5-3-13-15-7(5)8(17)18/h3H,1-2,4H2,(H,13,15)(H,14,16)(H,17,18). The van der Waals surface area contributed by atoms with Crippen molar-refractivity contribution >= 4 is 17.6 Å². The van der Waals surface area contributed by atoms with Gasteiger partial charge in [0, 0.05) is 0 Å². The van der Waals surface area contributed by atoms with Crippen LogP contribution in [-0.2, 0) is 9.53 Å². The third-order valence-electron chi connectivity index (χ3n) is 1.87. The lowest BCUT2D eigenvalue weighted by atomic mass is 10.3. The van der Waals surface area contributed by atoms with E-state index in [2.05, 4.69) is 20.3 Å². The number of aromatic amines is 1. The number of H-pyrrole nitrogens is 1. The predicted molar refractivity (Wildman–Crippen MR) is 55.7 cm³/mol. The van der Waals surface area contributed by atoms with Crippen molar-refractivity contribution in [2.24, 2.45) is 0 Å². The molecule has 0 aliphatic rings. The van der Waals surface area contributed by atoms with E-state index in [1.54, 1.807) is 0 Å². The van der Waals surface area contributed by atoms with E-state index < -0.39 is 31.3 Å². The first kappa shape index (κ1) is 15.0. The van der Waals surface area contributed by atoms with E-state index in [0.717, 1.165) is 6.20 Å². The minimum atomic E-state index is -4.45. The van der Waals surface area contributed by atoms with Gasteiger partial charge < -0.3 is 15.2 Å². The number of hydrogen-bond acceptors (Lipinski definition) is 4. The summed E-state index contributed by atoms with van der Waals surface area (Å²) in [5.74, 6) is -1.99. The average molecular weight is 281 g/mol. The van der Waals surface area contributed by atoms with E-state index in [0.29, 0.717) is 0 Å². The minimum Gasteiger partial charge on any atom is -0.476 e. The number of nitrogens with one attached hydrogen (secondary N) is 2. The molecule has 0 aliphatic carbocycles. The highest BCUT2D eigenvalue weighted by molar-refractivity contribution is 5.98. The summed E-state index contributed by atoms with van der Waals surface area (Å²) in [6, 6.07) is 0. The number of carbonyl (C=O) groups is 2. The molecule has 19 heavy (non-hydrogen) atoms. The molecule has 7 nitrogen and oxygen atoms in total. The molecule has 1 heterocycles. The van der Waals surface area contributed by atoms with E-state index in [-0.39, 0.29) is 17.8 Å². The molecule has 0 radical (unpaired) electrons. The smallest absolute Gasteiger partial charge is 0.411 e. The maximum atomic E-state index is 11.7. The van der Waals surface area contributed by atoms with Gasteiger partial charge in [0.25, 0.3) is 0 Å². The average Bonchev–Trinajstić information content (AvgIpc) is 2.71. The van der Waals surface area contributed by atoms with Crippen LogP contribution in [0.2, 0.25) is 0 Å². The molecule has 0 saturated heterocycles. The first-order valence-electron chi connectivity index (χ1n) is 5.00. The fraction of sp³-hybridized carbons (Fsp3) is 0.444. The lowest BCUT2D eigenvalue weighted by molar-refractivity contribution is -0.174. The summed E-state index contributed by atoms with van der Waals surface area (Å²) in [4.78, 5) is 22.0. The van der Waals surface area contributed by atoms with Gasteiger partial charge in [-0.05, 0) is 0 Å². The fourth-order valence-corrected chi connectivity index (χ4v) is 1.11. The highest BCUT2D eigenvalue weighted by Crippen LogP contribution is 2.15. The van der Waals surface area contributed by atoms with Crippen LogP contribution in [-0.4, -0.2) is 46.6 Å². The molecule has 0 atom stereocenters. The second kappa shape index (κ2) is 6.18. The van der Waals surface area contributed by atoms with Gasteiger partial charge in [0.15, 0.2) is 5.69 Å². The zero-order valence-corrected chi connectivity index (χ0v) is 9.45. The van der Waals surface area contributed by atoms with Crippen molar-refractivity contribution < 1.29 is 32.6 Å². The summed E-state index contributed by atoms with van der Waals surface area (Å²) >= 11 is 0. The molecule has 0 aliphatic heterocycles. The molecular weight excluding hydrogens is 271 g/mol. The van der Waals surface area contributed by atoms with E-state index >= 15 is 0 Å². The summed E-state index contributed by atoms with van der Waals surface area (Å²) in [6.45, 7) is -1.86. The fourth-order valence-electron chi connectivity index (χ4n) is 1.11. The molecule has 0 fully saturated rings. The van der Waals surface area contributed by atoms with Crippen LogP contribution in [0, 0.1) is 0 Å². The number of nitrogens with zero attached hydrogens (tertiary/aromatic N) is 1. The van der Waals surface area contributed by atoms with E-state index in [9.17, 15) is 22.8 Å². The Morgan fingerprint density at radius 3 is 2.74 bits per heavy atom. The van der Waals surface area contributed by atoms with Crippen LogP contribution in [0.5, 0.6) is 0 Å². The molecule has 0 unspecified atom stereocenters. The number of rotatable bonds is 6. The van der Waals surface area contributed by atoms with Gasteiger partial charge >= 0.3 is 12.1 Å². The van der Waals surface area contributed by atoms with Crippen LogP contribution in [0.15, 0.2) is 6.20 Å². The zero-order valence-electron chi connectivity index (χ0n) is 9.45. The summed E-state index contributed by atoms with van der Waals surface area (Å²) in [5.41, 5.74) is -0.377. The summed E-state index contributed by atoms with van der Waals surface area (Å²) < 4.78 is 39.4. The molecule has 1 aromatic heterocycles. The lowest BCUT2D eigenvalue weighted by Gasteiger charge is -2.07. The van der Waals surface area contributed by atoms with Crippen LogP contribution in [0.25, 0.3) is 0 Å². The number of hydrogen-bond donors (Lipinski definition) is 3. The number of carboxylic acid groups (broad SMARTS) is 1. The highest BCUT2D eigenvalue weighted by atomic mass is 19.4. The van der Waals surface area contributed by atoms with Crippen molar-refractivity contribution in [2.75, 3.05) is 18.5 Å². The van der Waals surface area contributed by atoms with Crippen molar-refractivity contribution in [3.63, 3.8) is 0 Å². The van der Waals surface area contributed by atoms with Crippen molar-refractivity contribution in [2.45, 2.75) is 12.6 Å². The Labute approximate surface area is 104 Å². The maximum Gasteiger partial charge on any atom is 0.411 e. The number of amides is 1. The van der Waals surface area contributed by atoms with Gasteiger partial charge in [-0.2, -0.15) is 18.3 Å². The monoisotopic (exact) mass is 281 g/mol. The van der Waals surface area contributed by atoms with Gasteiger partial charge in [-0.3, -0.25) is 9.89 Å². The third kappa shape index (κ3) is 5.38. The van der Waals surface area contributed by atoms with Crippen molar-refractivity contribution in [1.82, 2.24) is 10.2 Å². The number of anilines is 1. The van der Waals surface area contributed by atoms with Crippen LogP contribution in [0.4, 0.5) is 18.9 Å². The molecule has 3 N–H and O–H groups in total. The molecule has 106 valence electrons. The van der Waals surface area contributed by atoms with Crippen molar-refractivity contribution in [3.8, 4) is 0 Å². The first-order chi connectivity index (χ1) is 8.79. The summed E-state index contributed by atoms with van der Waals surface area (Å²) in [7, 11) is 0. The Morgan fingerprint density at radius 2 is 2.16 bits per heavy atom. The first-order valence-corrected chi connectivity index (χ1v) is 5.00. The van der Waals surface area contributed by atoms with Crippen molar-refractivity contribution in [1.29, 1.82) is 0 Å². The molecule has 1 aromatic rings. The quantitative estimate of drug-likeness (QED) is 0.675. The number of carbonyl (C=O) groups excluding carboxylic acids is 1. The van der Waals surface area contributed by atoms with Gasteiger partial charge in [-0.15, -0.1) is 0 Å². The molecule has 0 spiro atoms. The topological polar surface area (TPSA) is 104 Å². The van der Waals surface area contributed by atoms with Crippen LogP contribution < -0.4 is 5.32 Å². The third-order valence-corrected chi connectivity index (χ3v) is 1.87. The summed E-state index contributed by atoms with van der Waals surface area (Å²) in [5, 5.41) is 16.5. The van der Waals surface area contributed by atoms with Crippen molar-refractivity contribution in [3.05, 3.63) is 11.9 Å². The van der Waals surface area contributed by atoms with E-state index in [1.807, 2.05) is 0 Å². The number of ether oxygens (including phenoxy) is 1. The number of halogens is 3. The maximum absolute atomic E-state index is 11.7. The molecular formula is C9H10F3N3O4. The van der Waals surface area contributed by atoms with Gasteiger partial charge in [-0.1, -0.05) is 0 Å². The second-order valence-electron chi connectivity index (χ2n) is 3.43. The molecule has 10 heteroatoms. The van der Waals surface area contributed by atoms with Crippen LogP contribution >= 0.6 is 0 Å². The highest BCUT2D eigenvalue weighted by Gasteiger charge is 2.27. The van der Waals surface area contributed by atoms with E-state index in [1.165, 1.54) is 0 Å². The van der Waals surface area contributed by atoms with Gasteiger partial charge in [-0.25, -0.2) is 4.79 Å². The summed E-state index contributed by atoms with van der Waals surface area (Å²) in [6.07, 6.45) is -3.70. The zero-order chi connectivity index (χ0) is 14.5. The van der Waals surface area contributed by atoms with Gasteiger partial charge in [0.05, 0.1) is 24.9 Å². The Balaban J connectivity index is 2.35. The molecule has 1 rings (SSSR count). The molecule has 0 saturated carbocycles. The van der Waals surface area contributed by atoms with Gasteiger partial charge in [0.2, 0.25) is 5.91 Å². The SMILES string of the molecule is O=C(CCOCC(F)(F)F)Nc1cn[nH]c1C(=O)O. The predicted octanol–water partition coefficient (Wildman–Crippen LogP) is 1.02. The second-order valence-corrected chi connectivity index (χ2v) is 3.43. The number of aromatic carboxylic acids is 1. The van der Waals surface area contributed by atoms with E-state index in [4.69, 9.17) is 5.11 Å². The van der Waals surface area contributed by atoms with Crippen LogP contribution in [0.3, 0.4) is 0 Å². The molecule has 0 aromatic carbocycles.